The fourth-order valence-corrected chi connectivity index (χ4v) is 1.71. The molecule has 0 saturated carbocycles. The summed E-state index contributed by atoms with van der Waals surface area (Å²) in [5.74, 6) is 0.301. The molecule has 3 nitrogen and oxygen atoms in total. The van der Waals surface area contributed by atoms with Gasteiger partial charge in [-0.1, -0.05) is 41.4 Å². The highest BCUT2D eigenvalue weighted by Gasteiger charge is 2.08. The maximum absolute atomic E-state index is 11.6. The molecule has 0 radical (unpaired) electrons. The summed E-state index contributed by atoms with van der Waals surface area (Å²) < 4.78 is 10.3. The third-order valence-electron chi connectivity index (χ3n) is 2.21. The Kier molecular flexibility index (Phi) is 4.66. The van der Waals surface area contributed by atoms with E-state index in [1.807, 2.05) is 6.07 Å². The molecule has 0 aromatic heterocycles. The zero-order valence-corrected chi connectivity index (χ0v) is 11.3. The zero-order valence-electron chi connectivity index (χ0n) is 9.81. The Balaban J connectivity index is 1.92. The number of hydrogen-bond donors (Lipinski definition) is 0. The van der Waals surface area contributed by atoms with E-state index in [9.17, 15) is 4.79 Å². The summed E-state index contributed by atoms with van der Waals surface area (Å²) in [7, 11) is 0. The predicted octanol–water partition coefficient (Wildman–Crippen LogP) is 3.98. The van der Waals surface area contributed by atoms with Gasteiger partial charge in [-0.2, -0.15) is 0 Å². The molecule has 0 amide bonds. The number of rotatable bonds is 4. The van der Waals surface area contributed by atoms with Crippen LogP contribution in [0.1, 0.15) is 0 Å². The summed E-state index contributed by atoms with van der Waals surface area (Å²) in [6.07, 6.45) is 0. The van der Waals surface area contributed by atoms with E-state index in [1.54, 1.807) is 42.5 Å². The van der Waals surface area contributed by atoms with Crippen LogP contribution < -0.4 is 9.47 Å². The average Bonchev–Trinajstić information content (AvgIpc) is 2.41. The van der Waals surface area contributed by atoms with Gasteiger partial charge in [0.2, 0.25) is 0 Å². The lowest BCUT2D eigenvalue weighted by molar-refractivity contribution is -0.136. The number of para-hydroxylation sites is 1. The first-order valence-corrected chi connectivity index (χ1v) is 6.24. The summed E-state index contributed by atoms with van der Waals surface area (Å²) in [4.78, 5) is 11.6. The smallest absolute Gasteiger partial charge is 0.349 e. The highest BCUT2D eigenvalue weighted by atomic mass is 35.5. The molecule has 0 fully saturated rings. The summed E-state index contributed by atoms with van der Waals surface area (Å²) in [6, 6.07) is 13.5. The lowest BCUT2D eigenvalue weighted by atomic mass is 10.3. The quantitative estimate of drug-likeness (QED) is 0.632. The summed E-state index contributed by atoms with van der Waals surface area (Å²) >= 11 is 11.7. The van der Waals surface area contributed by atoms with Gasteiger partial charge in [-0.3, -0.25) is 0 Å². The Hall–Kier alpha value is -1.71. The van der Waals surface area contributed by atoms with Gasteiger partial charge in [0.05, 0.1) is 5.02 Å². The van der Waals surface area contributed by atoms with E-state index in [1.165, 1.54) is 0 Å². The molecular formula is C14H10Cl2O3. The zero-order chi connectivity index (χ0) is 13.7. The second-order valence-corrected chi connectivity index (χ2v) is 4.49. The van der Waals surface area contributed by atoms with Crippen LogP contribution in [0.3, 0.4) is 0 Å². The third-order valence-corrected chi connectivity index (χ3v) is 2.76. The molecule has 98 valence electrons. The maximum atomic E-state index is 11.6. The van der Waals surface area contributed by atoms with Crippen LogP contribution in [0.15, 0.2) is 48.5 Å². The van der Waals surface area contributed by atoms with Crippen molar-refractivity contribution >= 4 is 29.2 Å². The minimum Gasteiger partial charge on any atom is -0.480 e. The SMILES string of the molecule is O=C(COc1cc(Cl)ccc1Cl)Oc1ccccc1. The fraction of sp³-hybridized carbons (Fsp3) is 0.0714. The van der Waals surface area contributed by atoms with Crippen molar-refractivity contribution in [2.75, 3.05) is 6.61 Å². The van der Waals surface area contributed by atoms with Gasteiger partial charge < -0.3 is 9.47 Å². The minimum absolute atomic E-state index is 0.241. The Morgan fingerprint density at radius 2 is 1.79 bits per heavy atom. The first kappa shape index (κ1) is 13.7. The molecule has 5 heteroatoms. The molecule has 0 aliphatic carbocycles. The fourth-order valence-electron chi connectivity index (χ4n) is 1.37. The van der Waals surface area contributed by atoms with Crippen LogP contribution in [0.2, 0.25) is 10.0 Å². The lowest BCUT2D eigenvalue weighted by Gasteiger charge is -2.08. The molecule has 0 unspecified atom stereocenters. The van der Waals surface area contributed by atoms with E-state index in [4.69, 9.17) is 32.7 Å². The Labute approximate surface area is 120 Å². The Morgan fingerprint density at radius 3 is 2.53 bits per heavy atom. The van der Waals surface area contributed by atoms with E-state index >= 15 is 0 Å². The van der Waals surface area contributed by atoms with Gasteiger partial charge in [0.25, 0.3) is 0 Å². The monoisotopic (exact) mass is 296 g/mol. The van der Waals surface area contributed by atoms with E-state index in [0.29, 0.717) is 21.5 Å². The van der Waals surface area contributed by atoms with Crippen LogP contribution in [0.4, 0.5) is 0 Å². The Bertz CT molecular complexity index is 570. The van der Waals surface area contributed by atoms with Crippen LogP contribution in [-0.2, 0) is 4.79 Å². The van der Waals surface area contributed by atoms with Gasteiger partial charge in [0.1, 0.15) is 11.5 Å². The van der Waals surface area contributed by atoms with Crippen LogP contribution in [0.5, 0.6) is 11.5 Å². The van der Waals surface area contributed by atoms with Gasteiger partial charge in [-0.25, -0.2) is 4.79 Å². The molecule has 2 aromatic carbocycles. The molecule has 0 atom stereocenters. The topological polar surface area (TPSA) is 35.5 Å². The normalized spacial score (nSPS) is 10.0. The van der Waals surface area contributed by atoms with Gasteiger partial charge >= 0.3 is 5.97 Å². The van der Waals surface area contributed by atoms with Gasteiger partial charge in [-0.05, 0) is 24.3 Å². The lowest BCUT2D eigenvalue weighted by Crippen LogP contribution is -2.17. The van der Waals surface area contributed by atoms with Crippen molar-refractivity contribution in [2.24, 2.45) is 0 Å². The largest absolute Gasteiger partial charge is 0.480 e. The van der Waals surface area contributed by atoms with Crippen molar-refractivity contribution in [1.29, 1.82) is 0 Å². The summed E-state index contributed by atoms with van der Waals surface area (Å²) in [6.45, 7) is -0.241. The van der Waals surface area contributed by atoms with Gasteiger partial charge in [0.15, 0.2) is 6.61 Å². The van der Waals surface area contributed by atoms with Crippen molar-refractivity contribution < 1.29 is 14.3 Å². The molecule has 0 aliphatic rings. The molecule has 0 saturated heterocycles. The standard InChI is InChI=1S/C14H10Cl2O3/c15-10-6-7-12(16)13(8-10)18-9-14(17)19-11-4-2-1-3-5-11/h1-8H,9H2. The molecule has 2 rings (SSSR count). The number of carbonyl (C=O) groups excluding carboxylic acids is 1. The molecule has 0 aliphatic heterocycles. The van der Waals surface area contributed by atoms with E-state index in [0.717, 1.165) is 0 Å². The Morgan fingerprint density at radius 1 is 1.05 bits per heavy atom. The van der Waals surface area contributed by atoms with Crippen molar-refractivity contribution in [3.63, 3.8) is 0 Å². The number of ether oxygens (including phenoxy) is 2. The number of halogens is 2. The number of hydrogen-bond acceptors (Lipinski definition) is 3. The van der Waals surface area contributed by atoms with Crippen molar-refractivity contribution in [3.8, 4) is 11.5 Å². The predicted molar refractivity (Wildman–Crippen MR) is 74.0 cm³/mol. The van der Waals surface area contributed by atoms with Gasteiger partial charge in [0, 0.05) is 11.1 Å². The van der Waals surface area contributed by atoms with Crippen molar-refractivity contribution in [3.05, 3.63) is 58.6 Å². The molecular weight excluding hydrogens is 287 g/mol. The molecule has 0 N–H and O–H groups in total. The van der Waals surface area contributed by atoms with Crippen molar-refractivity contribution in [1.82, 2.24) is 0 Å². The molecule has 0 bridgehead atoms. The number of carbonyl (C=O) groups is 1. The second-order valence-electron chi connectivity index (χ2n) is 3.65. The van der Waals surface area contributed by atoms with E-state index in [-0.39, 0.29) is 6.61 Å². The maximum Gasteiger partial charge on any atom is 0.349 e. The molecule has 19 heavy (non-hydrogen) atoms. The van der Waals surface area contributed by atoms with Crippen molar-refractivity contribution in [2.45, 2.75) is 0 Å². The third kappa shape index (κ3) is 4.16. The first-order valence-electron chi connectivity index (χ1n) is 5.49. The highest BCUT2D eigenvalue weighted by Crippen LogP contribution is 2.27. The van der Waals surface area contributed by atoms with E-state index in [2.05, 4.69) is 0 Å². The van der Waals surface area contributed by atoms with Crippen LogP contribution in [0.25, 0.3) is 0 Å². The molecule has 0 heterocycles. The number of benzene rings is 2. The minimum atomic E-state index is -0.512. The summed E-state index contributed by atoms with van der Waals surface area (Å²) in [5.41, 5.74) is 0. The average molecular weight is 297 g/mol. The number of esters is 1. The van der Waals surface area contributed by atoms with Crippen LogP contribution in [0, 0.1) is 0 Å². The molecule has 0 spiro atoms. The molecule has 2 aromatic rings. The van der Waals surface area contributed by atoms with Crippen LogP contribution >= 0.6 is 23.2 Å². The van der Waals surface area contributed by atoms with Crippen LogP contribution in [-0.4, -0.2) is 12.6 Å². The summed E-state index contributed by atoms with van der Waals surface area (Å²) in [5, 5.41) is 0.868. The van der Waals surface area contributed by atoms with Gasteiger partial charge in [-0.15, -0.1) is 0 Å². The first-order chi connectivity index (χ1) is 9.15. The highest BCUT2D eigenvalue weighted by molar-refractivity contribution is 6.34. The second kappa shape index (κ2) is 6.45. The van der Waals surface area contributed by atoms with E-state index < -0.39 is 5.97 Å².